The molecule has 0 unspecified atom stereocenters. The number of halogens is 5. The number of hydrogen-bond acceptors (Lipinski definition) is 10. The third kappa shape index (κ3) is 9.91. The van der Waals surface area contributed by atoms with Crippen LogP contribution < -0.4 is 30.9 Å². The zero-order valence-electron chi connectivity index (χ0n) is 25.8. The van der Waals surface area contributed by atoms with E-state index in [-0.39, 0.29) is 16.9 Å². The summed E-state index contributed by atoms with van der Waals surface area (Å²) in [6.45, 7) is 8.25. The first-order valence-corrected chi connectivity index (χ1v) is 14.3. The van der Waals surface area contributed by atoms with Gasteiger partial charge in [-0.25, -0.2) is 14.2 Å². The van der Waals surface area contributed by atoms with Gasteiger partial charge in [0.05, 0.1) is 34.8 Å². The van der Waals surface area contributed by atoms with Crippen molar-refractivity contribution in [1.82, 2.24) is 15.3 Å². The predicted molar refractivity (Wildman–Crippen MR) is 170 cm³/mol. The van der Waals surface area contributed by atoms with Crippen molar-refractivity contribution in [3.8, 4) is 5.75 Å². The van der Waals surface area contributed by atoms with Crippen LogP contribution in [0.2, 0.25) is 5.02 Å². The van der Waals surface area contributed by atoms with Crippen molar-refractivity contribution in [2.45, 2.75) is 38.1 Å². The third-order valence-corrected chi connectivity index (χ3v) is 7.11. The molecule has 2 heterocycles. The van der Waals surface area contributed by atoms with Crippen LogP contribution in [0, 0.1) is 5.82 Å². The van der Waals surface area contributed by atoms with E-state index < -0.39 is 23.6 Å². The number of methoxy groups -OCH3 is 1. The number of aromatic nitrogens is 2. The van der Waals surface area contributed by atoms with Gasteiger partial charge in [0.2, 0.25) is 11.9 Å². The molecule has 0 bridgehead atoms. The second kappa shape index (κ2) is 15.3. The quantitative estimate of drug-likeness (QED) is 0.117. The summed E-state index contributed by atoms with van der Waals surface area (Å²) < 4.78 is 51.6. The normalized spacial score (nSPS) is 14.5. The zero-order valence-corrected chi connectivity index (χ0v) is 26.6. The van der Waals surface area contributed by atoms with Crippen molar-refractivity contribution < 1.29 is 42.1 Å². The molecule has 1 aliphatic heterocycles. The van der Waals surface area contributed by atoms with Gasteiger partial charge in [0.15, 0.2) is 0 Å². The van der Waals surface area contributed by atoms with Gasteiger partial charge >= 0.3 is 12.1 Å². The second-order valence-electron chi connectivity index (χ2n) is 10.7. The van der Waals surface area contributed by atoms with Gasteiger partial charge in [-0.2, -0.15) is 18.2 Å². The average Bonchev–Trinajstić information content (AvgIpc) is 3.47. The second-order valence-corrected chi connectivity index (χ2v) is 11.1. The Balaban J connectivity index is 0.000000771. The number of nitrogens with zero attached hydrogens (tertiary/aromatic N) is 3. The Morgan fingerprint density at radius 2 is 1.83 bits per heavy atom. The summed E-state index contributed by atoms with van der Waals surface area (Å²) >= 11 is 6.01. The number of carbonyl (C=O) groups excluding carboxylic acids is 1. The number of anilines is 6. The molecule has 6 N–H and O–H groups in total. The standard InChI is InChI=1S/C28H33ClFN7O3.C2HF3O2/c1-6-26(38)34-21-13-22(24(40-5)14-23(21)37-10-8-16(15-37)31-4)35-27-32-9-7-25(36-27)33-20-12-18(29)19(30)11-17(20)28(2,3)39;3-2(4,5)1(6)7/h6-7,9,11-14,16,31,39H,1,8,10,15H2,2-5H3,(H,34,38)(H2,32,33,35,36);(H,6,7)/t16-;/m1./s1. The van der Waals surface area contributed by atoms with E-state index in [1.807, 2.05) is 13.1 Å². The fraction of sp³-hybridized carbons (Fsp3) is 0.333. The number of ether oxygens (including phenoxy) is 1. The number of carbonyl (C=O) groups is 2. The molecule has 1 aliphatic rings. The molecule has 0 aliphatic carbocycles. The molecule has 1 saturated heterocycles. The minimum absolute atomic E-state index is 0.0964. The lowest BCUT2D eigenvalue weighted by Gasteiger charge is -2.24. The fourth-order valence-electron chi connectivity index (χ4n) is 4.50. The Morgan fingerprint density at radius 3 is 2.38 bits per heavy atom. The highest BCUT2D eigenvalue weighted by Crippen LogP contribution is 2.40. The van der Waals surface area contributed by atoms with Crippen LogP contribution in [0.15, 0.2) is 49.2 Å². The maximum absolute atomic E-state index is 14.1. The van der Waals surface area contributed by atoms with Crippen molar-refractivity contribution in [3.63, 3.8) is 0 Å². The lowest BCUT2D eigenvalue weighted by molar-refractivity contribution is -0.192. The summed E-state index contributed by atoms with van der Waals surface area (Å²) in [7, 11) is 3.49. The highest BCUT2D eigenvalue weighted by Gasteiger charge is 2.38. The lowest BCUT2D eigenvalue weighted by atomic mass is 9.96. The Kier molecular flexibility index (Phi) is 12.0. The van der Waals surface area contributed by atoms with Crippen LogP contribution in [0.5, 0.6) is 5.75 Å². The van der Waals surface area contributed by atoms with E-state index in [0.29, 0.717) is 40.2 Å². The molecule has 0 radical (unpaired) electrons. The number of carboxylic acids is 1. The van der Waals surface area contributed by atoms with Crippen LogP contribution in [0.3, 0.4) is 0 Å². The molecule has 2 aromatic carbocycles. The minimum Gasteiger partial charge on any atom is -0.494 e. The molecule has 0 saturated carbocycles. The molecule has 3 aromatic rings. The van der Waals surface area contributed by atoms with E-state index in [0.717, 1.165) is 25.2 Å². The van der Waals surface area contributed by atoms with Crippen molar-refractivity contribution in [1.29, 1.82) is 0 Å². The molecule has 17 heteroatoms. The Hall–Kier alpha value is -4.67. The maximum Gasteiger partial charge on any atom is 0.490 e. The molecule has 1 atom stereocenters. The lowest BCUT2D eigenvalue weighted by Crippen LogP contribution is -2.30. The van der Waals surface area contributed by atoms with Crippen LogP contribution >= 0.6 is 11.6 Å². The van der Waals surface area contributed by atoms with Gasteiger partial charge in [0.25, 0.3) is 0 Å². The topological polar surface area (TPSA) is 161 Å². The van der Waals surface area contributed by atoms with Gasteiger partial charge in [-0.1, -0.05) is 18.2 Å². The van der Waals surface area contributed by atoms with Gasteiger partial charge in [-0.05, 0) is 57.7 Å². The van der Waals surface area contributed by atoms with Gasteiger partial charge in [0, 0.05) is 42.6 Å². The molecular formula is C30H34ClF4N7O5. The smallest absolute Gasteiger partial charge is 0.490 e. The highest BCUT2D eigenvalue weighted by molar-refractivity contribution is 6.31. The van der Waals surface area contributed by atoms with Crippen molar-refractivity contribution in [3.05, 3.63) is 65.6 Å². The Morgan fingerprint density at radius 1 is 1.15 bits per heavy atom. The van der Waals surface area contributed by atoms with E-state index in [2.05, 4.69) is 42.7 Å². The number of amides is 1. The number of benzene rings is 2. The van der Waals surface area contributed by atoms with Crippen molar-refractivity contribution in [2.24, 2.45) is 0 Å². The summed E-state index contributed by atoms with van der Waals surface area (Å²) in [4.78, 5) is 32.2. The van der Waals surface area contributed by atoms with Crippen LogP contribution in [-0.2, 0) is 15.2 Å². The predicted octanol–water partition coefficient (Wildman–Crippen LogP) is 5.55. The number of nitrogens with one attached hydrogen (secondary N) is 4. The largest absolute Gasteiger partial charge is 0.494 e. The molecule has 4 rings (SSSR count). The summed E-state index contributed by atoms with van der Waals surface area (Å²) in [6, 6.07) is 8.17. The summed E-state index contributed by atoms with van der Waals surface area (Å²) in [6.07, 6.45) is -1.37. The Labute approximate surface area is 272 Å². The SMILES string of the molecule is C=CC(=O)Nc1cc(Nc2nccc(Nc3cc(Cl)c(F)cc3C(C)(C)O)n2)c(OC)cc1N1CC[C@@H](NC)C1.O=C(O)C(F)(F)F. The molecule has 254 valence electrons. The summed E-state index contributed by atoms with van der Waals surface area (Å²) in [5.41, 5.74) is 1.28. The van der Waals surface area contributed by atoms with Crippen LogP contribution in [0.4, 0.5) is 52.1 Å². The number of rotatable bonds is 10. The van der Waals surface area contributed by atoms with Crippen LogP contribution in [0.25, 0.3) is 0 Å². The van der Waals surface area contributed by atoms with Gasteiger partial charge in [-0.15, -0.1) is 0 Å². The van der Waals surface area contributed by atoms with Crippen molar-refractivity contribution >= 4 is 58.0 Å². The highest BCUT2D eigenvalue weighted by atomic mass is 35.5. The zero-order chi connectivity index (χ0) is 35.1. The monoisotopic (exact) mass is 683 g/mol. The first kappa shape index (κ1) is 36.8. The van der Waals surface area contributed by atoms with E-state index >= 15 is 0 Å². The number of aliphatic carboxylic acids is 1. The van der Waals surface area contributed by atoms with E-state index in [9.17, 15) is 27.5 Å². The maximum atomic E-state index is 14.1. The Bertz CT molecular complexity index is 1620. The van der Waals surface area contributed by atoms with E-state index in [1.54, 1.807) is 33.1 Å². The van der Waals surface area contributed by atoms with Crippen LogP contribution in [-0.4, -0.2) is 71.5 Å². The van der Waals surface area contributed by atoms with Crippen molar-refractivity contribution in [2.75, 3.05) is 48.1 Å². The van der Waals surface area contributed by atoms with Gasteiger partial charge in [0.1, 0.15) is 17.4 Å². The van der Waals surface area contributed by atoms with Crippen LogP contribution in [0.1, 0.15) is 25.8 Å². The molecule has 1 aromatic heterocycles. The third-order valence-electron chi connectivity index (χ3n) is 6.83. The number of carboxylic acid groups (broad SMARTS) is 1. The van der Waals surface area contributed by atoms with E-state index in [4.69, 9.17) is 26.2 Å². The molecule has 12 nitrogen and oxygen atoms in total. The van der Waals surface area contributed by atoms with Gasteiger partial charge in [-0.3, -0.25) is 4.79 Å². The molecular weight excluding hydrogens is 650 g/mol. The number of aliphatic hydroxyl groups is 1. The summed E-state index contributed by atoms with van der Waals surface area (Å²) in [5, 5.41) is 30.0. The first-order valence-electron chi connectivity index (χ1n) is 13.9. The first-order chi connectivity index (χ1) is 22.0. The fourth-order valence-corrected chi connectivity index (χ4v) is 4.66. The van der Waals surface area contributed by atoms with Gasteiger partial charge < -0.3 is 41.1 Å². The molecule has 0 spiro atoms. The number of hydrogen-bond donors (Lipinski definition) is 6. The molecule has 1 amide bonds. The van der Waals surface area contributed by atoms with E-state index in [1.165, 1.54) is 24.4 Å². The average molecular weight is 684 g/mol. The molecule has 1 fully saturated rings. The number of likely N-dealkylation sites (N-methyl/N-ethyl adjacent to an activating group) is 1. The number of alkyl halides is 3. The molecule has 47 heavy (non-hydrogen) atoms. The minimum atomic E-state index is -5.08. The summed E-state index contributed by atoms with van der Waals surface area (Å²) in [5.74, 6) is -2.61.